The molecule has 0 saturated heterocycles. The van der Waals surface area contributed by atoms with E-state index in [2.05, 4.69) is 15.8 Å². The average Bonchev–Trinajstić information content (AvgIpc) is 2.84. The van der Waals surface area contributed by atoms with E-state index in [0.29, 0.717) is 23.8 Å². The average molecular weight is 447 g/mol. The topological polar surface area (TPSA) is 98.3 Å². The number of hydrazone groups is 1. The molecule has 0 radical (unpaired) electrons. The van der Waals surface area contributed by atoms with Crippen LogP contribution in [0, 0.1) is 0 Å². The van der Waals surface area contributed by atoms with Crippen LogP contribution in [-0.4, -0.2) is 32.2 Å². The number of anilines is 1. The summed E-state index contributed by atoms with van der Waals surface area (Å²) in [5.74, 6) is 1.15. The van der Waals surface area contributed by atoms with Gasteiger partial charge >= 0.3 is 0 Å². The van der Waals surface area contributed by atoms with Gasteiger partial charge in [-0.15, -0.1) is 0 Å². The molecule has 0 aromatic heterocycles. The summed E-state index contributed by atoms with van der Waals surface area (Å²) in [6.45, 7) is 0.436. The van der Waals surface area contributed by atoms with E-state index >= 15 is 0 Å². The third-order valence-electron chi connectivity index (χ3n) is 4.52. The quantitative estimate of drug-likeness (QED) is 0.280. The van der Waals surface area contributed by atoms with Crippen molar-refractivity contribution in [1.82, 2.24) is 5.43 Å². The summed E-state index contributed by atoms with van der Waals surface area (Å²) < 4.78 is 16.0. The molecule has 0 unspecified atom stereocenters. The summed E-state index contributed by atoms with van der Waals surface area (Å²) in [6, 6.07) is 21.8. The van der Waals surface area contributed by atoms with Crippen molar-refractivity contribution in [3.63, 3.8) is 0 Å². The first-order valence-corrected chi connectivity index (χ1v) is 10.2. The standard InChI is InChI=1S/C25H25N3O5/c1-31-21-10-8-19(9-11-21)17-33-22-12-6-18(7-13-22)16-26-28-25(30)15-24(29)27-20-4-3-5-23(14-20)32-2/h3-14,16H,15,17H2,1-2H3,(H,27,29)(H,28,30). The van der Waals surface area contributed by atoms with Crippen LogP contribution in [-0.2, 0) is 16.2 Å². The van der Waals surface area contributed by atoms with E-state index in [4.69, 9.17) is 14.2 Å². The van der Waals surface area contributed by atoms with Gasteiger partial charge in [0, 0.05) is 11.8 Å². The minimum absolute atomic E-state index is 0.354. The third kappa shape index (κ3) is 7.70. The van der Waals surface area contributed by atoms with Gasteiger partial charge in [-0.05, 0) is 59.7 Å². The first-order chi connectivity index (χ1) is 16.1. The normalized spacial score (nSPS) is 10.5. The Morgan fingerprint density at radius 1 is 0.848 bits per heavy atom. The predicted molar refractivity (Wildman–Crippen MR) is 126 cm³/mol. The maximum absolute atomic E-state index is 12.0. The zero-order valence-electron chi connectivity index (χ0n) is 18.4. The highest BCUT2D eigenvalue weighted by molar-refractivity contribution is 6.03. The van der Waals surface area contributed by atoms with Gasteiger partial charge in [0.2, 0.25) is 11.8 Å². The van der Waals surface area contributed by atoms with E-state index in [9.17, 15) is 9.59 Å². The second-order valence-electron chi connectivity index (χ2n) is 6.96. The molecular formula is C25H25N3O5. The number of carbonyl (C=O) groups excluding carboxylic acids is 2. The van der Waals surface area contributed by atoms with Crippen molar-refractivity contribution < 1.29 is 23.8 Å². The van der Waals surface area contributed by atoms with Crippen molar-refractivity contribution in [2.24, 2.45) is 5.10 Å². The lowest BCUT2D eigenvalue weighted by molar-refractivity contribution is -0.126. The Balaban J connectivity index is 1.41. The lowest BCUT2D eigenvalue weighted by Gasteiger charge is -2.07. The molecule has 8 heteroatoms. The van der Waals surface area contributed by atoms with Crippen LogP contribution in [0.2, 0.25) is 0 Å². The van der Waals surface area contributed by atoms with Gasteiger partial charge in [0.25, 0.3) is 0 Å². The van der Waals surface area contributed by atoms with Crippen LogP contribution in [0.4, 0.5) is 5.69 Å². The maximum Gasteiger partial charge on any atom is 0.249 e. The first kappa shape index (κ1) is 23.3. The summed E-state index contributed by atoms with van der Waals surface area (Å²) in [5.41, 5.74) is 4.69. The Kier molecular flexibility index (Phi) is 8.41. The molecule has 0 aliphatic rings. The minimum Gasteiger partial charge on any atom is -0.497 e. The molecule has 0 saturated carbocycles. The molecule has 170 valence electrons. The molecule has 0 aliphatic heterocycles. The lowest BCUT2D eigenvalue weighted by atomic mass is 10.2. The summed E-state index contributed by atoms with van der Waals surface area (Å²) in [5, 5.41) is 6.53. The highest BCUT2D eigenvalue weighted by Gasteiger charge is 2.09. The summed E-state index contributed by atoms with van der Waals surface area (Å²) in [6.07, 6.45) is 1.14. The van der Waals surface area contributed by atoms with E-state index in [1.165, 1.54) is 13.3 Å². The van der Waals surface area contributed by atoms with Gasteiger partial charge in [-0.25, -0.2) is 5.43 Å². The van der Waals surface area contributed by atoms with E-state index < -0.39 is 11.8 Å². The molecule has 2 N–H and O–H groups in total. The molecule has 0 heterocycles. The Morgan fingerprint density at radius 3 is 2.24 bits per heavy atom. The first-order valence-electron chi connectivity index (χ1n) is 10.2. The second-order valence-corrected chi connectivity index (χ2v) is 6.96. The Morgan fingerprint density at radius 2 is 1.55 bits per heavy atom. The molecule has 0 spiro atoms. The molecule has 0 fully saturated rings. The predicted octanol–water partition coefficient (Wildman–Crippen LogP) is 3.76. The van der Waals surface area contributed by atoms with Crippen LogP contribution in [0.5, 0.6) is 17.2 Å². The van der Waals surface area contributed by atoms with Crippen LogP contribution in [0.1, 0.15) is 17.5 Å². The highest BCUT2D eigenvalue weighted by atomic mass is 16.5. The summed E-state index contributed by atoms with van der Waals surface area (Å²) >= 11 is 0. The number of carbonyl (C=O) groups is 2. The molecular weight excluding hydrogens is 422 g/mol. The highest BCUT2D eigenvalue weighted by Crippen LogP contribution is 2.17. The zero-order valence-corrected chi connectivity index (χ0v) is 18.4. The van der Waals surface area contributed by atoms with Gasteiger partial charge in [0.15, 0.2) is 0 Å². The van der Waals surface area contributed by atoms with E-state index in [0.717, 1.165) is 16.9 Å². The van der Waals surface area contributed by atoms with Crippen LogP contribution >= 0.6 is 0 Å². The van der Waals surface area contributed by atoms with E-state index in [1.807, 2.05) is 48.5 Å². The summed E-state index contributed by atoms with van der Waals surface area (Å²) in [7, 11) is 3.16. The summed E-state index contributed by atoms with van der Waals surface area (Å²) in [4.78, 5) is 23.9. The number of nitrogens with one attached hydrogen (secondary N) is 2. The number of hydrogen-bond acceptors (Lipinski definition) is 6. The number of rotatable bonds is 10. The maximum atomic E-state index is 12.0. The number of methoxy groups -OCH3 is 2. The van der Waals surface area contributed by atoms with Gasteiger partial charge in [-0.1, -0.05) is 18.2 Å². The number of benzene rings is 3. The number of amides is 2. The molecule has 2 amide bonds. The van der Waals surface area contributed by atoms with Gasteiger partial charge < -0.3 is 19.5 Å². The lowest BCUT2D eigenvalue weighted by Crippen LogP contribution is -2.24. The van der Waals surface area contributed by atoms with Crippen molar-refractivity contribution in [2.75, 3.05) is 19.5 Å². The van der Waals surface area contributed by atoms with E-state index in [1.54, 1.807) is 31.4 Å². The fourth-order valence-electron chi connectivity index (χ4n) is 2.81. The molecule has 3 rings (SSSR count). The van der Waals surface area contributed by atoms with Crippen molar-refractivity contribution >= 4 is 23.7 Å². The molecule has 0 bridgehead atoms. The van der Waals surface area contributed by atoms with Crippen molar-refractivity contribution in [1.29, 1.82) is 0 Å². The molecule has 8 nitrogen and oxygen atoms in total. The fourth-order valence-corrected chi connectivity index (χ4v) is 2.81. The number of hydrogen-bond donors (Lipinski definition) is 2. The molecule has 0 atom stereocenters. The molecule has 3 aromatic rings. The van der Waals surface area contributed by atoms with E-state index in [-0.39, 0.29) is 6.42 Å². The molecule has 33 heavy (non-hydrogen) atoms. The third-order valence-corrected chi connectivity index (χ3v) is 4.52. The van der Waals surface area contributed by atoms with Crippen molar-refractivity contribution in [2.45, 2.75) is 13.0 Å². The SMILES string of the molecule is COc1ccc(COc2ccc(C=NNC(=O)CC(=O)Nc3cccc(OC)c3)cc2)cc1. The van der Waals surface area contributed by atoms with Crippen molar-refractivity contribution in [3.05, 3.63) is 83.9 Å². The van der Waals surface area contributed by atoms with Crippen LogP contribution in [0.15, 0.2) is 77.9 Å². The largest absolute Gasteiger partial charge is 0.497 e. The van der Waals surface area contributed by atoms with Gasteiger partial charge in [-0.3, -0.25) is 9.59 Å². The van der Waals surface area contributed by atoms with Crippen LogP contribution < -0.4 is 25.0 Å². The van der Waals surface area contributed by atoms with Crippen LogP contribution in [0.3, 0.4) is 0 Å². The van der Waals surface area contributed by atoms with Crippen LogP contribution in [0.25, 0.3) is 0 Å². The van der Waals surface area contributed by atoms with Gasteiger partial charge in [-0.2, -0.15) is 5.10 Å². The Bertz CT molecular complexity index is 1100. The zero-order chi connectivity index (χ0) is 23.5. The minimum atomic E-state index is -0.522. The Labute approximate surface area is 192 Å². The second kappa shape index (κ2) is 11.9. The van der Waals surface area contributed by atoms with Gasteiger partial charge in [0.1, 0.15) is 30.3 Å². The smallest absolute Gasteiger partial charge is 0.249 e. The van der Waals surface area contributed by atoms with Crippen molar-refractivity contribution in [3.8, 4) is 17.2 Å². The van der Waals surface area contributed by atoms with Gasteiger partial charge in [0.05, 0.1) is 20.4 Å². The molecule has 0 aliphatic carbocycles. The molecule has 3 aromatic carbocycles. The Hall–Kier alpha value is -4.33. The number of nitrogens with zero attached hydrogens (tertiary/aromatic N) is 1. The number of ether oxygens (including phenoxy) is 3. The fraction of sp³-hybridized carbons (Fsp3) is 0.160. The monoisotopic (exact) mass is 447 g/mol.